The van der Waals surface area contributed by atoms with E-state index in [2.05, 4.69) is 0 Å². The van der Waals surface area contributed by atoms with Gasteiger partial charge >= 0.3 is 0 Å². The van der Waals surface area contributed by atoms with Gasteiger partial charge in [-0.3, -0.25) is 4.79 Å². The Morgan fingerprint density at radius 3 is 2.43 bits per heavy atom. The first-order chi connectivity index (χ1) is 13.6. The molecule has 2 atom stereocenters. The Hall–Kier alpha value is -2.44. The van der Waals surface area contributed by atoms with Gasteiger partial charge in [0, 0.05) is 31.3 Å². The number of carbonyl (C=O) groups is 1. The van der Waals surface area contributed by atoms with Gasteiger partial charge in [-0.05, 0) is 61.2 Å². The van der Waals surface area contributed by atoms with Crippen LogP contribution in [0.5, 0.6) is 11.5 Å². The largest absolute Gasteiger partial charge is 0.468 e. The second-order valence-electron chi connectivity index (χ2n) is 6.82. The van der Waals surface area contributed by atoms with Gasteiger partial charge in [0.25, 0.3) is 0 Å². The molecule has 2 aromatic carbocycles. The lowest BCUT2D eigenvalue weighted by Gasteiger charge is -2.22. The summed E-state index contributed by atoms with van der Waals surface area (Å²) in [6.45, 7) is 0.259. The molecule has 0 heterocycles. The van der Waals surface area contributed by atoms with Gasteiger partial charge in [0.05, 0.1) is 0 Å². The molecule has 1 fully saturated rings. The van der Waals surface area contributed by atoms with Gasteiger partial charge in [0.15, 0.2) is 19.4 Å². The average Bonchev–Trinajstić information content (AvgIpc) is 3.20. The van der Waals surface area contributed by atoms with Gasteiger partial charge in [-0.2, -0.15) is 0 Å². The van der Waals surface area contributed by atoms with E-state index in [9.17, 15) is 9.18 Å². The normalized spacial score (nSPS) is 18.8. The quantitative estimate of drug-likeness (QED) is 0.466. The minimum absolute atomic E-state index is 0.00416. The molecule has 1 aliphatic rings. The van der Waals surface area contributed by atoms with Crippen molar-refractivity contribution < 1.29 is 28.1 Å². The molecular formula is C22H25FO5. The fraction of sp³-hybridized carbons (Fsp3) is 0.409. The van der Waals surface area contributed by atoms with Crippen molar-refractivity contribution in [1.29, 1.82) is 0 Å². The Bertz CT molecular complexity index is 790. The van der Waals surface area contributed by atoms with Gasteiger partial charge in [-0.1, -0.05) is 6.42 Å². The molecule has 28 heavy (non-hydrogen) atoms. The summed E-state index contributed by atoms with van der Waals surface area (Å²) in [5.41, 5.74) is 1.45. The van der Waals surface area contributed by atoms with Crippen LogP contribution in [0.15, 0.2) is 42.5 Å². The van der Waals surface area contributed by atoms with Crippen LogP contribution in [-0.4, -0.2) is 33.6 Å². The number of methoxy groups -OCH3 is 2. The predicted octanol–water partition coefficient (Wildman–Crippen LogP) is 4.56. The van der Waals surface area contributed by atoms with E-state index in [0.717, 1.165) is 24.8 Å². The molecule has 0 saturated heterocycles. The molecule has 5 nitrogen and oxygen atoms in total. The zero-order chi connectivity index (χ0) is 19.9. The van der Waals surface area contributed by atoms with Crippen LogP contribution in [-0.2, 0) is 9.47 Å². The van der Waals surface area contributed by atoms with Crippen molar-refractivity contribution in [1.82, 2.24) is 0 Å². The van der Waals surface area contributed by atoms with Crippen molar-refractivity contribution >= 4 is 5.78 Å². The van der Waals surface area contributed by atoms with Crippen molar-refractivity contribution in [3.63, 3.8) is 0 Å². The fourth-order valence-corrected chi connectivity index (χ4v) is 3.76. The number of rotatable bonds is 9. The number of benzene rings is 2. The summed E-state index contributed by atoms with van der Waals surface area (Å²) in [5.74, 6) is 0.821. The van der Waals surface area contributed by atoms with E-state index < -0.39 is 0 Å². The Morgan fingerprint density at radius 1 is 1.00 bits per heavy atom. The van der Waals surface area contributed by atoms with Crippen molar-refractivity contribution in [2.24, 2.45) is 5.92 Å². The third kappa shape index (κ3) is 4.69. The maximum atomic E-state index is 13.2. The number of Topliss-reactive ketones (excluding diaryl/α,β-unsaturated/α-hetero) is 1. The molecule has 0 N–H and O–H groups in total. The van der Waals surface area contributed by atoms with Crippen LogP contribution in [0.1, 0.15) is 41.1 Å². The van der Waals surface area contributed by atoms with Gasteiger partial charge in [0.1, 0.15) is 17.3 Å². The maximum absolute atomic E-state index is 13.2. The second-order valence-corrected chi connectivity index (χ2v) is 6.82. The summed E-state index contributed by atoms with van der Waals surface area (Å²) in [5, 5.41) is 0. The highest BCUT2D eigenvalue weighted by molar-refractivity contribution is 5.98. The van der Waals surface area contributed by atoms with Crippen LogP contribution < -0.4 is 9.47 Å². The minimum Gasteiger partial charge on any atom is -0.468 e. The number of hydrogen-bond donors (Lipinski definition) is 0. The molecular weight excluding hydrogens is 363 g/mol. The maximum Gasteiger partial charge on any atom is 0.188 e. The second kappa shape index (κ2) is 9.66. The molecule has 150 valence electrons. The molecule has 0 spiro atoms. The number of ether oxygens (including phenoxy) is 4. The Kier molecular flexibility index (Phi) is 7.01. The average molecular weight is 388 g/mol. The molecule has 0 aromatic heterocycles. The molecule has 2 aromatic rings. The van der Waals surface area contributed by atoms with E-state index in [1.807, 2.05) is 12.1 Å². The Labute approximate surface area is 164 Å². The minimum atomic E-state index is -0.349. The first kappa shape index (κ1) is 20.3. The van der Waals surface area contributed by atoms with Crippen LogP contribution in [0.3, 0.4) is 0 Å². The lowest BCUT2D eigenvalue weighted by atomic mass is 9.83. The van der Waals surface area contributed by atoms with E-state index in [0.29, 0.717) is 17.1 Å². The Balaban J connectivity index is 1.89. The highest BCUT2D eigenvalue weighted by Crippen LogP contribution is 2.45. The van der Waals surface area contributed by atoms with Gasteiger partial charge < -0.3 is 18.9 Å². The van der Waals surface area contributed by atoms with Crippen LogP contribution in [0.2, 0.25) is 0 Å². The first-order valence-corrected chi connectivity index (χ1v) is 9.31. The molecule has 3 rings (SSSR count). The smallest absolute Gasteiger partial charge is 0.188 e. The predicted molar refractivity (Wildman–Crippen MR) is 102 cm³/mol. The fourth-order valence-electron chi connectivity index (χ4n) is 3.76. The van der Waals surface area contributed by atoms with Crippen molar-refractivity contribution in [2.75, 3.05) is 27.8 Å². The lowest BCUT2D eigenvalue weighted by molar-refractivity contribution is 0.0473. The van der Waals surface area contributed by atoms with E-state index in [1.54, 1.807) is 32.4 Å². The standard InChI is InChI=1S/C22H25FO5/c1-25-13-27-17-10-11-21(28-14-26-2)20(12-17)18-4-3-5-19(18)22(24)15-6-8-16(23)9-7-15/h6-12,18-19H,3-5,13-14H2,1-2H3. The highest BCUT2D eigenvalue weighted by atomic mass is 19.1. The van der Waals surface area contributed by atoms with E-state index >= 15 is 0 Å². The zero-order valence-corrected chi connectivity index (χ0v) is 16.2. The van der Waals surface area contributed by atoms with E-state index in [4.69, 9.17) is 18.9 Å². The molecule has 2 unspecified atom stereocenters. The lowest BCUT2D eigenvalue weighted by Crippen LogP contribution is -2.19. The molecule has 6 heteroatoms. The molecule has 0 bridgehead atoms. The number of carbonyl (C=O) groups excluding carboxylic acids is 1. The molecule has 0 radical (unpaired) electrons. The zero-order valence-electron chi connectivity index (χ0n) is 16.2. The van der Waals surface area contributed by atoms with Gasteiger partial charge in [-0.25, -0.2) is 4.39 Å². The SMILES string of the molecule is COCOc1ccc(OCOC)c(C2CCCC2C(=O)c2ccc(F)cc2)c1. The van der Waals surface area contributed by atoms with Gasteiger partial charge in [0.2, 0.25) is 0 Å². The topological polar surface area (TPSA) is 54.0 Å². The number of hydrogen-bond acceptors (Lipinski definition) is 5. The molecule has 1 aliphatic carbocycles. The summed E-state index contributed by atoms with van der Waals surface area (Å²) in [6.07, 6.45) is 2.59. The Morgan fingerprint density at radius 2 is 1.71 bits per heavy atom. The van der Waals surface area contributed by atoms with Crippen molar-refractivity contribution in [3.8, 4) is 11.5 Å². The highest BCUT2D eigenvalue weighted by Gasteiger charge is 2.36. The van der Waals surface area contributed by atoms with E-state index in [1.165, 1.54) is 12.1 Å². The number of halogens is 1. The monoisotopic (exact) mass is 388 g/mol. The van der Waals surface area contributed by atoms with Crippen LogP contribution in [0, 0.1) is 11.7 Å². The third-order valence-electron chi connectivity index (χ3n) is 5.04. The molecule has 0 amide bonds. The number of ketones is 1. The first-order valence-electron chi connectivity index (χ1n) is 9.31. The summed E-state index contributed by atoms with van der Waals surface area (Å²) in [4.78, 5) is 13.1. The van der Waals surface area contributed by atoms with Crippen molar-refractivity contribution in [3.05, 3.63) is 59.4 Å². The summed E-state index contributed by atoms with van der Waals surface area (Å²) in [7, 11) is 3.12. The van der Waals surface area contributed by atoms with Crippen LogP contribution in [0.25, 0.3) is 0 Å². The van der Waals surface area contributed by atoms with E-state index in [-0.39, 0.29) is 37.0 Å². The van der Waals surface area contributed by atoms with Crippen LogP contribution in [0.4, 0.5) is 4.39 Å². The summed E-state index contributed by atoms with van der Waals surface area (Å²) < 4.78 is 34.5. The van der Waals surface area contributed by atoms with Crippen molar-refractivity contribution in [2.45, 2.75) is 25.2 Å². The van der Waals surface area contributed by atoms with Gasteiger partial charge in [-0.15, -0.1) is 0 Å². The summed E-state index contributed by atoms with van der Waals surface area (Å²) >= 11 is 0. The summed E-state index contributed by atoms with van der Waals surface area (Å²) in [6, 6.07) is 11.3. The molecule has 0 aliphatic heterocycles. The molecule has 1 saturated carbocycles. The van der Waals surface area contributed by atoms with Crippen LogP contribution >= 0.6 is 0 Å². The third-order valence-corrected chi connectivity index (χ3v) is 5.04.